The Kier molecular flexibility index (Phi) is 6.56. The van der Waals surface area contributed by atoms with Crippen molar-refractivity contribution in [2.45, 2.75) is 32.2 Å². The summed E-state index contributed by atoms with van der Waals surface area (Å²) < 4.78 is 0. The van der Waals surface area contributed by atoms with Gasteiger partial charge in [0.1, 0.15) is 0 Å². The van der Waals surface area contributed by atoms with E-state index < -0.39 is 0 Å². The van der Waals surface area contributed by atoms with Crippen LogP contribution < -0.4 is 5.32 Å². The van der Waals surface area contributed by atoms with Gasteiger partial charge in [-0.1, -0.05) is 72.6 Å². The SMILES string of the molecule is CCCNC(CCc1ccccc1)c1cccc(Cl)c1Cl. The zero-order valence-electron chi connectivity index (χ0n) is 12.3. The van der Waals surface area contributed by atoms with Crippen LogP contribution in [-0.2, 0) is 6.42 Å². The summed E-state index contributed by atoms with van der Waals surface area (Å²) in [5.74, 6) is 0. The van der Waals surface area contributed by atoms with Gasteiger partial charge >= 0.3 is 0 Å². The minimum Gasteiger partial charge on any atom is -0.310 e. The van der Waals surface area contributed by atoms with Crippen LogP contribution in [0, 0.1) is 0 Å². The maximum Gasteiger partial charge on any atom is 0.0640 e. The van der Waals surface area contributed by atoms with Crippen LogP contribution in [0.25, 0.3) is 0 Å². The quantitative estimate of drug-likeness (QED) is 0.693. The summed E-state index contributed by atoms with van der Waals surface area (Å²) in [4.78, 5) is 0. The molecule has 1 nitrogen and oxygen atoms in total. The summed E-state index contributed by atoms with van der Waals surface area (Å²) in [5.41, 5.74) is 2.44. The van der Waals surface area contributed by atoms with E-state index >= 15 is 0 Å². The van der Waals surface area contributed by atoms with Crippen molar-refractivity contribution in [1.82, 2.24) is 5.32 Å². The lowest BCUT2D eigenvalue weighted by atomic mass is 9.98. The molecule has 0 aliphatic heterocycles. The van der Waals surface area contributed by atoms with Crippen molar-refractivity contribution in [3.63, 3.8) is 0 Å². The Morgan fingerprint density at radius 2 is 1.76 bits per heavy atom. The van der Waals surface area contributed by atoms with Crippen LogP contribution in [-0.4, -0.2) is 6.54 Å². The molecule has 2 rings (SSSR count). The minimum absolute atomic E-state index is 0.233. The number of hydrogen-bond donors (Lipinski definition) is 1. The lowest BCUT2D eigenvalue weighted by Gasteiger charge is -2.20. The van der Waals surface area contributed by atoms with Crippen molar-refractivity contribution in [1.29, 1.82) is 0 Å². The van der Waals surface area contributed by atoms with E-state index in [0.717, 1.165) is 31.4 Å². The molecule has 0 amide bonds. The molecule has 0 aromatic heterocycles. The first-order valence-corrected chi connectivity index (χ1v) is 8.19. The lowest BCUT2D eigenvalue weighted by molar-refractivity contribution is 0.499. The first kappa shape index (κ1) is 16.4. The fraction of sp³-hybridized carbons (Fsp3) is 0.333. The Balaban J connectivity index is 2.12. The molecule has 0 radical (unpaired) electrons. The monoisotopic (exact) mass is 321 g/mol. The number of rotatable bonds is 7. The molecule has 0 bridgehead atoms. The van der Waals surface area contributed by atoms with Gasteiger partial charge in [-0.15, -0.1) is 0 Å². The fourth-order valence-corrected chi connectivity index (χ4v) is 2.87. The average molecular weight is 322 g/mol. The van der Waals surface area contributed by atoms with Crippen LogP contribution in [0.2, 0.25) is 10.0 Å². The van der Waals surface area contributed by atoms with Crippen molar-refractivity contribution in [3.8, 4) is 0 Å². The van der Waals surface area contributed by atoms with Gasteiger partial charge in [-0.05, 0) is 43.0 Å². The molecule has 1 N–H and O–H groups in total. The smallest absolute Gasteiger partial charge is 0.0640 e. The molecule has 1 unspecified atom stereocenters. The van der Waals surface area contributed by atoms with E-state index in [-0.39, 0.29) is 6.04 Å². The highest BCUT2D eigenvalue weighted by Gasteiger charge is 2.15. The van der Waals surface area contributed by atoms with Gasteiger partial charge in [0.2, 0.25) is 0 Å². The molecule has 0 aliphatic rings. The maximum absolute atomic E-state index is 6.38. The molecule has 2 aromatic carbocycles. The first-order valence-electron chi connectivity index (χ1n) is 7.43. The lowest BCUT2D eigenvalue weighted by Crippen LogP contribution is -2.23. The molecule has 0 heterocycles. The topological polar surface area (TPSA) is 12.0 Å². The Morgan fingerprint density at radius 3 is 2.48 bits per heavy atom. The zero-order valence-corrected chi connectivity index (χ0v) is 13.8. The third-order valence-electron chi connectivity index (χ3n) is 3.56. The molecular formula is C18H21Cl2N. The summed E-state index contributed by atoms with van der Waals surface area (Å²) >= 11 is 12.5. The average Bonchev–Trinajstić information content (AvgIpc) is 2.52. The third-order valence-corrected chi connectivity index (χ3v) is 4.40. The molecule has 0 fully saturated rings. The predicted octanol–water partition coefficient (Wildman–Crippen LogP) is 5.67. The highest BCUT2D eigenvalue weighted by atomic mass is 35.5. The molecule has 112 valence electrons. The molecular weight excluding hydrogens is 301 g/mol. The Bertz CT molecular complexity index is 554. The highest BCUT2D eigenvalue weighted by Crippen LogP contribution is 2.32. The van der Waals surface area contributed by atoms with Crippen molar-refractivity contribution >= 4 is 23.2 Å². The van der Waals surface area contributed by atoms with Gasteiger partial charge in [-0.2, -0.15) is 0 Å². The number of nitrogens with one attached hydrogen (secondary N) is 1. The van der Waals surface area contributed by atoms with Crippen LogP contribution in [0.15, 0.2) is 48.5 Å². The van der Waals surface area contributed by atoms with Crippen LogP contribution in [0.3, 0.4) is 0 Å². The third kappa shape index (κ3) is 4.74. The number of hydrogen-bond acceptors (Lipinski definition) is 1. The van der Waals surface area contributed by atoms with Gasteiger partial charge in [0.25, 0.3) is 0 Å². The van der Waals surface area contributed by atoms with Crippen molar-refractivity contribution in [2.24, 2.45) is 0 Å². The second-order valence-corrected chi connectivity index (χ2v) is 5.96. The summed E-state index contributed by atoms with van der Waals surface area (Å²) in [7, 11) is 0. The summed E-state index contributed by atoms with van der Waals surface area (Å²) in [6, 6.07) is 16.6. The van der Waals surface area contributed by atoms with Gasteiger partial charge < -0.3 is 5.32 Å². The van der Waals surface area contributed by atoms with E-state index in [9.17, 15) is 0 Å². The standard InChI is InChI=1S/C18H21Cl2N/c1-2-13-21-17(12-11-14-7-4-3-5-8-14)15-9-6-10-16(19)18(15)20/h3-10,17,21H,2,11-13H2,1H3. The van der Waals surface area contributed by atoms with E-state index in [4.69, 9.17) is 23.2 Å². The molecule has 21 heavy (non-hydrogen) atoms. The van der Waals surface area contributed by atoms with Gasteiger partial charge in [-0.3, -0.25) is 0 Å². The molecule has 0 spiro atoms. The van der Waals surface area contributed by atoms with Gasteiger partial charge in [0.05, 0.1) is 10.0 Å². The highest BCUT2D eigenvalue weighted by molar-refractivity contribution is 6.42. The largest absolute Gasteiger partial charge is 0.310 e. The van der Waals surface area contributed by atoms with Crippen molar-refractivity contribution in [3.05, 3.63) is 69.7 Å². The molecule has 0 saturated carbocycles. The van der Waals surface area contributed by atoms with Gasteiger partial charge in [0.15, 0.2) is 0 Å². The van der Waals surface area contributed by atoms with Crippen LogP contribution in [0.5, 0.6) is 0 Å². The van der Waals surface area contributed by atoms with E-state index in [1.807, 2.05) is 18.2 Å². The molecule has 0 saturated heterocycles. The van der Waals surface area contributed by atoms with E-state index in [2.05, 4.69) is 42.6 Å². The van der Waals surface area contributed by atoms with Crippen molar-refractivity contribution < 1.29 is 0 Å². The van der Waals surface area contributed by atoms with Crippen LogP contribution in [0.4, 0.5) is 0 Å². The number of halogens is 2. The van der Waals surface area contributed by atoms with E-state index in [0.29, 0.717) is 10.0 Å². The number of aryl methyl sites for hydroxylation is 1. The fourth-order valence-electron chi connectivity index (χ4n) is 2.43. The maximum atomic E-state index is 6.38. The van der Waals surface area contributed by atoms with Gasteiger partial charge in [-0.25, -0.2) is 0 Å². The van der Waals surface area contributed by atoms with E-state index in [1.54, 1.807) is 0 Å². The normalized spacial score (nSPS) is 12.3. The Labute approximate surface area is 137 Å². The first-order chi connectivity index (χ1) is 10.2. The minimum atomic E-state index is 0.233. The number of benzene rings is 2. The zero-order chi connectivity index (χ0) is 15.1. The summed E-state index contributed by atoms with van der Waals surface area (Å²) in [5, 5.41) is 4.87. The Morgan fingerprint density at radius 1 is 1.00 bits per heavy atom. The summed E-state index contributed by atoms with van der Waals surface area (Å²) in [6.45, 7) is 3.14. The van der Waals surface area contributed by atoms with Crippen LogP contribution >= 0.6 is 23.2 Å². The van der Waals surface area contributed by atoms with Crippen molar-refractivity contribution in [2.75, 3.05) is 6.54 Å². The second-order valence-electron chi connectivity index (χ2n) is 5.17. The van der Waals surface area contributed by atoms with Crippen LogP contribution in [0.1, 0.15) is 36.9 Å². The summed E-state index contributed by atoms with van der Waals surface area (Å²) in [6.07, 6.45) is 3.12. The predicted molar refractivity (Wildman–Crippen MR) is 92.3 cm³/mol. The Hall–Kier alpha value is -1.02. The second kappa shape index (κ2) is 8.43. The van der Waals surface area contributed by atoms with Gasteiger partial charge in [0, 0.05) is 6.04 Å². The van der Waals surface area contributed by atoms with E-state index in [1.165, 1.54) is 5.56 Å². The molecule has 3 heteroatoms. The molecule has 0 aliphatic carbocycles. The molecule has 2 aromatic rings. The molecule has 1 atom stereocenters.